The van der Waals surface area contributed by atoms with E-state index in [9.17, 15) is 0 Å². The Morgan fingerprint density at radius 1 is 1.38 bits per heavy atom. The molecule has 0 atom stereocenters. The first-order valence-electron chi connectivity index (χ1n) is 6.03. The number of aryl methyl sites for hydroxylation is 2. The molecule has 2 heteroatoms. The van der Waals surface area contributed by atoms with Crippen molar-refractivity contribution >= 4 is 10.9 Å². The maximum absolute atomic E-state index is 3.57. The molecule has 1 aliphatic rings. The summed E-state index contributed by atoms with van der Waals surface area (Å²) in [6.07, 6.45) is 2.70. The number of rotatable bonds is 3. The van der Waals surface area contributed by atoms with Crippen LogP contribution >= 0.6 is 0 Å². The van der Waals surface area contributed by atoms with Crippen LogP contribution < -0.4 is 5.32 Å². The third-order valence-corrected chi connectivity index (χ3v) is 3.55. The van der Waals surface area contributed by atoms with Crippen molar-refractivity contribution in [2.24, 2.45) is 7.05 Å². The molecule has 0 amide bonds. The zero-order valence-electron chi connectivity index (χ0n) is 9.96. The number of hydrogen-bond acceptors (Lipinski definition) is 1. The van der Waals surface area contributed by atoms with Gasteiger partial charge in [0.2, 0.25) is 0 Å². The average Bonchev–Trinajstić information content (AvgIpc) is 3.04. The number of fused-ring (bicyclic) bond motifs is 1. The normalized spacial score (nSPS) is 15.9. The molecule has 0 aliphatic heterocycles. The molecule has 0 radical (unpaired) electrons. The van der Waals surface area contributed by atoms with E-state index in [1.165, 1.54) is 35.0 Å². The minimum absolute atomic E-state index is 0.777. The highest BCUT2D eigenvalue weighted by atomic mass is 15.0. The van der Waals surface area contributed by atoms with E-state index in [4.69, 9.17) is 0 Å². The second-order valence-electron chi connectivity index (χ2n) is 4.86. The first kappa shape index (κ1) is 9.91. The summed E-state index contributed by atoms with van der Waals surface area (Å²) < 4.78 is 2.30. The van der Waals surface area contributed by atoms with E-state index in [0.29, 0.717) is 0 Å². The molecule has 1 saturated carbocycles. The molecule has 84 valence electrons. The standard InChI is InChI=1S/C14H18N2/c1-10-4-3-5-14-13(10)8-12(16(14)2)9-15-11-6-7-11/h3-5,8,11,15H,6-7,9H2,1-2H3. The molecule has 0 saturated heterocycles. The molecule has 1 aromatic heterocycles. The predicted molar refractivity (Wildman–Crippen MR) is 67.5 cm³/mol. The van der Waals surface area contributed by atoms with Crippen LogP contribution in [0.15, 0.2) is 24.3 Å². The van der Waals surface area contributed by atoms with Crippen LogP contribution in [0, 0.1) is 6.92 Å². The van der Waals surface area contributed by atoms with Crippen molar-refractivity contribution in [3.8, 4) is 0 Å². The van der Waals surface area contributed by atoms with Gasteiger partial charge in [-0.1, -0.05) is 12.1 Å². The fraction of sp³-hybridized carbons (Fsp3) is 0.429. The van der Waals surface area contributed by atoms with Gasteiger partial charge in [0.1, 0.15) is 0 Å². The van der Waals surface area contributed by atoms with Gasteiger partial charge in [0.05, 0.1) is 0 Å². The van der Waals surface area contributed by atoms with Crippen LogP contribution in [0.1, 0.15) is 24.1 Å². The minimum atomic E-state index is 0.777. The highest BCUT2D eigenvalue weighted by molar-refractivity contribution is 5.84. The lowest BCUT2D eigenvalue weighted by Gasteiger charge is -2.05. The second kappa shape index (κ2) is 3.63. The average molecular weight is 214 g/mol. The maximum atomic E-state index is 3.57. The predicted octanol–water partition coefficient (Wildman–Crippen LogP) is 2.74. The van der Waals surface area contributed by atoms with Crippen LogP contribution in [-0.4, -0.2) is 10.6 Å². The van der Waals surface area contributed by atoms with E-state index in [2.05, 4.69) is 48.1 Å². The van der Waals surface area contributed by atoms with Crippen molar-refractivity contribution in [2.75, 3.05) is 0 Å². The zero-order chi connectivity index (χ0) is 11.1. The Labute approximate surface area is 96.3 Å². The van der Waals surface area contributed by atoms with E-state index in [-0.39, 0.29) is 0 Å². The van der Waals surface area contributed by atoms with Crippen LogP contribution in [-0.2, 0) is 13.6 Å². The summed E-state index contributed by atoms with van der Waals surface area (Å²) in [5.74, 6) is 0. The van der Waals surface area contributed by atoms with Gasteiger partial charge < -0.3 is 9.88 Å². The van der Waals surface area contributed by atoms with Crippen LogP contribution in [0.2, 0.25) is 0 Å². The van der Waals surface area contributed by atoms with Gasteiger partial charge in [0.15, 0.2) is 0 Å². The molecule has 16 heavy (non-hydrogen) atoms. The summed E-state index contributed by atoms with van der Waals surface area (Å²) in [6, 6.07) is 9.61. The Balaban J connectivity index is 1.97. The molecular formula is C14H18N2. The largest absolute Gasteiger partial charge is 0.346 e. The van der Waals surface area contributed by atoms with Gasteiger partial charge in [-0.05, 0) is 37.5 Å². The molecule has 1 heterocycles. The lowest BCUT2D eigenvalue weighted by Crippen LogP contribution is -2.17. The van der Waals surface area contributed by atoms with Crippen molar-refractivity contribution in [1.82, 2.24) is 9.88 Å². The fourth-order valence-corrected chi connectivity index (χ4v) is 2.27. The van der Waals surface area contributed by atoms with E-state index in [1.807, 2.05) is 0 Å². The minimum Gasteiger partial charge on any atom is -0.346 e. The lowest BCUT2D eigenvalue weighted by molar-refractivity contribution is 0.655. The fourth-order valence-electron chi connectivity index (χ4n) is 2.27. The van der Waals surface area contributed by atoms with Crippen molar-refractivity contribution in [3.05, 3.63) is 35.5 Å². The molecule has 0 bridgehead atoms. The molecule has 1 aliphatic carbocycles. The summed E-state index contributed by atoms with van der Waals surface area (Å²) in [5.41, 5.74) is 4.09. The third-order valence-electron chi connectivity index (χ3n) is 3.55. The SMILES string of the molecule is Cc1cccc2c1cc(CNC1CC1)n2C. The Hall–Kier alpha value is -1.28. The van der Waals surface area contributed by atoms with Crippen LogP contribution in [0.25, 0.3) is 10.9 Å². The van der Waals surface area contributed by atoms with Crippen molar-refractivity contribution in [3.63, 3.8) is 0 Å². The van der Waals surface area contributed by atoms with Gasteiger partial charge in [0, 0.05) is 36.2 Å². The zero-order valence-corrected chi connectivity index (χ0v) is 9.96. The Morgan fingerprint density at radius 2 is 2.19 bits per heavy atom. The van der Waals surface area contributed by atoms with Gasteiger partial charge >= 0.3 is 0 Å². The molecule has 2 nitrogen and oxygen atoms in total. The summed E-state index contributed by atoms with van der Waals surface area (Å²) in [7, 11) is 2.16. The summed E-state index contributed by atoms with van der Waals surface area (Å²) in [4.78, 5) is 0. The van der Waals surface area contributed by atoms with Crippen molar-refractivity contribution < 1.29 is 0 Å². The van der Waals surface area contributed by atoms with Crippen LogP contribution in [0.4, 0.5) is 0 Å². The Kier molecular flexibility index (Phi) is 2.25. The van der Waals surface area contributed by atoms with Gasteiger partial charge in [-0.25, -0.2) is 0 Å². The number of hydrogen-bond donors (Lipinski definition) is 1. The third kappa shape index (κ3) is 1.63. The molecule has 1 fully saturated rings. The van der Waals surface area contributed by atoms with E-state index in [1.54, 1.807) is 0 Å². The molecule has 3 rings (SSSR count). The van der Waals surface area contributed by atoms with Crippen molar-refractivity contribution in [1.29, 1.82) is 0 Å². The molecular weight excluding hydrogens is 196 g/mol. The molecule has 1 aromatic carbocycles. The highest BCUT2D eigenvalue weighted by Gasteiger charge is 2.20. The highest BCUT2D eigenvalue weighted by Crippen LogP contribution is 2.23. The number of nitrogens with one attached hydrogen (secondary N) is 1. The number of nitrogens with zero attached hydrogens (tertiary/aromatic N) is 1. The van der Waals surface area contributed by atoms with Gasteiger partial charge in [-0.15, -0.1) is 0 Å². The van der Waals surface area contributed by atoms with Crippen molar-refractivity contribution in [2.45, 2.75) is 32.4 Å². The van der Waals surface area contributed by atoms with Crippen LogP contribution in [0.3, 0.4) is 0 Å². The van der Waals surface area contributed by atoms with E-state index < -0.39 is 0 Å². The van der Waals surface area contributed by atoms with E-state index >= 15 is 0 Å². The topological polar surface area (TPSA) is 17.0 Å². The second-order valence-corrected chi connectivity index (χ2v) is 4.86. The van der Waals surface area contributed by atoms with Gasteiger partial charge in [0.25, 0.3) is 0 Å². The van der Waals surface area contributed by atoms with Crippen LogP contribution in [0.5, 0.6) is 0 Å². The first-order valence-corrected chi connectivity index (χ1v) is 6.03. The molecule has 0 spiro atoms. The lowest BCUT2D eigenvalue weighted by atomic mass is 10.1. The first-order chi connectivity index (χ1) is 7.75. The monoisotopic (exact) mass is 214 g/mol. The smallest absolute Gasteiger partial charge is 0.0482 e. The van der Waals surface area contributed by atoms with E-state index in [0.717, 1.165) is 12.6 Å². The Bertz CT molecular complexity index is 521. The van der Waals surface area contributed by atoms with Gasteiger partial charge in [-0.3, -0.25) is 0 Å². The van der Waals surface area contributed by atoms with Gasteiger partial charge in [-0.2, -0.15) is 0 Å². The Morgan fingerprint density at radius 3 is 2.88 bits per heavy atom. The summed E-state index contributed by atoms with van der Waals surface area (Å²) in [6.45, 7) is 3.18. The maximum Gasteiger partial charge on any atom is 0.0482 e. The quantitative estimate of drug-likeness (QED) is 0.831. The summed E-state index contributed by atoms with van der Waals surface area (Å²) in [5, 5.41) is 4.96. The summed E-state index contributed by atoms with van der Waals surface area (Å²) >= 11 is 0. The number of aromatic nitrogens is 1. The molecule has 1 N–H and O–H groups in total. The molecule has 2 aromatic rings. The number of benzene rings is 1. The molecule has 0 unspecified atom stereocenters.